The molecule has 0 radical (unpaired) electrons. The Bertz CT molecular complexity index is 536. The zero-order valence-electron chi connectivity index (χ0n) is 12.3. The van der Waals surface area contributed by atoms with Crippen LogP contribution >= 0.6 is 15.9 Å². The largest absolute Gasteiger partial charge is 0.372 e. The zero-order valence-corrected chi connectivity index (χ0v) is 13.9. The number of aromatic nitrogens is 1. The number of carbonyl (C=O) groups is 1. The fourth-order valence-corrected chi connectivity index (χ4v) is 3.64. The van der Waals surface area contributed by atoms with Gasteiger partial charge in [0.2, 0.25) is 0 Å². The first kappa shape index (κ1) is 14.8. The SMILES string of the molecule is CNc1ncc(Br)cc1C(=O)N1CCN2CCCCC2C1. The van der Waals surface area contributed by atoms with Crippen molar-refractivity contribution >= 4 is 27.7 Å². The molecule has 3 rings (SSSR count). The summed E-state index contributed by atoms with van der Waals surface area (Å²) in [6, 6.07) is 2.39. The van der Waals surface area contributed by atoms with Gasteiger partial charge >= 0.3 is 0 Å². The molecule has 21 heavy (non-hydrogen) atoms. The first-order valence-electron chi connectivity index (χ1n) is 7.55. The van der Waals surface area contributed by atoms with Crippen molar-refractivity contribution in [2.75, 3.05) is 38.5 Å². The Morgan fingerprint density at radius 2 is 2.24 bits per heavy atom. The van der Waals surface area contributed by atoms with E-state index < -0.39 is 0 Å². The van der Waals surface area contributed by atoms with Crippen molar-refractivity contribution in [1.29, 1.82) is 0 Å². The van der Waals surface area contributed by atoms with Crippen LogP contribution in [0.15, 0.2) is 16.7 Å². The van der Waals surface area contributed by atoms with Crippen LogP contribution in [0.3, 0.4) is 0 Å². The number of hydrogen-bond donors (Lipinski definition) is 1. The predicted octanol–water partition coefficient (Wildman–Crippen LogP) is 2.20. The van der Waals surface area contributed by atoms with Crippen LogP contribution in [-0.4, -0.2) is 60.0 Å². The van der Waals surface area contributed by atoms with Crippen molar-refractivity contribution in [3.05, 3.63) is 22.3 Å². The van der Waals surface area contributed by atoms with Crippen LogP contribution in [0, 0.1) is 0 Å². The summed E-state index contributed by atoms with van der Waals surface area (Å²) in [5, 5.41) is 3.01. The molecular formula is C15H21BrN4O. The lowest BCUT2D eigenvalue weighted by molar-refractivity contribution is 0.0373. The maximum Gasteiger partial charge on any atom is 0.257 e. The molecule has 2 saturated heterocycles. The van der Waals surface area contributed by atoms with E-state index >= 15 is 0 Å². The van der Waals surface area contributed by atoms with E-state index in [0.29, 0.717) is 17.4 Å². The number of rotatable bonds is 2. The summed E-state index contributed by atoms with van der Waals surface area (Å²) in [5.74, 6) is 0.729. The number of nitrogens with one attached hydrogen (secondary N) is 1. The molecule has 2 aliphatic heterocycles. The van der Waals surface area contributed by atoms with Crippen LogP contribution in [0.25, 0.3) is 0 Å². The molecule has 1 N–H and O–H groups in total. The average molecular weight is 353 g/mol. The Balaban J connectivity index is 1.77. The molecule has 1 atom stereocenters. The second-order valence-electron chi connectivity index (χ2n) is 5.74. The van der Waals surface area contributed by atoms with Crippen LogP contribution in [0.5, 0.6) is 0 Å². The van der Waals surface area contributed by atoms with Gasteiger partial charge in [0, 0.05) is 43.4 Å². The van der Waals surface area contributed by atoms with Crippen molar-refractivity contribution in [1.82, 2.24) is 14.8 Å². The summed E-state index contributed by atoms with van der Waals surface area (Å²) in [5.41, 5.74) is 0.649. The molecule has 6 heteroatoms. The summed E-state index contributed by atoms with van der Waals surface area (Å²) in [4.78, 5) is 21.6. The van der Waals surface area contributed by atoms with Gasteiger partial charge in [0.1, 0.15) is 5.82 Å². The highest BCUT2D eigenvalue weighted by Gasteiger charge is 2.32. The summed E-state index contributed by atoms with van der Waals surface area (Å²) in [6.45, 7) is 3.83. The van der Waals surface area contributed by atoms with Gasteiger partial charge in [-0.15, -0.1) is 0 Å². The summed E-state index contributed by atoms with van der Waals surface area (Å²) in [6.07, 6.45) is 5.49. The van der Waals surface area contributed by atoms with E-state index in [0.717, 1.165) is 24.1 Å². The Morgan fingerprint density at radius 1 is 1.38 bits per heavy atom. The molecule has 0 aliphatic carbocycles. The molecule has 0 spiro atoms. The third-order valence-electron chi connectivity index (χ3n) is 4.45. The van der Waals surface area contributed by atoms with Crippen molar-refractivity contribution in [2.45, 2.75) is 25.3 Å². The fourth-order valence-electron chi connectivity index (χ4n) is 3.31. The number of nitrogens with zero attached hydrogens (tertiary/aromatic N) is 3. The average Bonchev–Trinajstić information content (AvgIpc) is 2.53. The molecule has 1 aromatic rings. The minimum absolute atomic E-state index is 0.0818. The number of carbonyl (C=O) groups excluding carboxylic acids is 1. The van der Waals surface area contributed by atoms with Crippen LogP contribution in [-0.2, 0) is 0 Å². The van der Waals surface area contributed by atoms with Crippen molar-refractivity contribution in [3.63, 3.8) is 0 Å². The minimum Gasteiger partial charge on any atom is -0.372 e. The van der Waals surface area contributed by atoms with E-state index in [9.17, 15) is 4.79 Å². The van der Waals surface area contributed by atoms with E-state index in [1.54, 1.807) is 13.2 Å². The van der Waals surface area contributed by atoms with Crippen LogP contribution in [0.4, 0.5) is 5.82 Å². The van der Waals surface area contributed by atoms with Crippen molar-refractivity contribution in [2.24, 2.45) is 0 Å². The van der Waals surface area contributed by atoms with Gasteiger partial charge < -0.3 is 10.2 Å². The highest BCUT2D eigenvalue weighted by molar-refractivity contribution is 9.10. The lowest BCUT2D eigenvalue weighted by Gasteiger charge is -2.44. The maximum absolute atomic E-state index is 12.8. The number of piperidine rings is 1. The summed E-state index contributed by atoms with van der Waals surface area (Å²) in [7, 11) is 1.80. The maximum atomic E-state index is 12.8. The van der Waals surface area contributed by atoms with E-state index in [-0.39, 0.29) is 5.91 Å². The molecule has 1 amide bonds. The van der Waals surface area contributed by atoms with E-state index in [1.165, 1.54) is 25.8 Å². The molecule has 2 aliphatic rings. The highest BCUT2D eigenvalue weighted by Crippen LogP contribution is 2.24. The summed E-state index contributed by atoms with van der Waals surface area (Å²) < 4.78 is 0.834. The van der Waals surface area contributed by atoms with Gasteiger partial charge in [-0.1, -0.05) is 6.42 Å². The molecule has 1 unspecified atom stereocenters. The second-order valence-corrected chi connectivity index (χ2v) is 6.65. The van der Waals surface area contributed by atoms with Crippen molar-refractivity contribution < 1.29 is 4.79 Å². The minimum atomic E-state index is 0.0818. The van der Waals surface area contributed by atoms with Gasteiger partial charge in [-0.2, -0.15) is 0 Å². The normalized spacial score (nSPS) is 22.8. The number of halogens is 1. The van der Waals surface area contributed by atoms with E-state index in [2.05, 4.69) is 31.1 Å². The standard InChI is InChI=1S/C15H21BrN4O/c1-17-14-13(8-11(16)9-18-14)15(21)20-7-6-19-5-3-2-4-12(19)10-20/h8-9,12H,2-7,10H2,1H3,(H,17,18). The molecule has 0 aromatic carbocycles. The molecule has 0 bridgehead atoms. The lowest BCUT2D eigenvalue weighted by atomic mass is 9.99. The number of amides is 1. The van der Waals surface area contributed by atoms with E-state index in [4.69, 9.17) is 0 Å². The Morgan fingerprint density at radius 3 is 3.05 bits per heavy atom. The van der Waals surface area contributed by atoms with Crippen molar-refractivity contribution in [3.8, 4) is 0 Å². The third-order valence-corrected chi connectivity index (χ3v) is 4.88. The Labute approximate surface area is 133 Å². The van der Waals surface area contributed by atoms with E-state index in [1.807, 2.05) is 11.0 Å². The van der Waals surface area contributed by atoms with Gasteiger partial charge in [0.05, 0.1) is 5.56 Å². The number of piperazine rings is 1. The number of pyridine rings is 1. The highest BCUT2D eigenvalue weighted by atomic mass is 79.9. The van der Waals surface area contributed by atoms with Crippen LogP contribution in [0.2, 0.25) is 0 Å². The summed E-state index contributed by atoms with van der Waals surface area (Å²) >= 11 is 3.40. The molecular weight excluding hydrogens is 332 g/mol. The monoisotopic (exact) mass is 352 g/mol. The first-order chi connectivity index (χ1) is 10.2. The Kier molecular flexibility index (Phi) is 4.45. The first-order valence-corrected chi connectivity index (χ1v) is 8.35. The fraction of sp³-hybridized carbons (Fsp3) is 0.600. The molecule has 5 nitrogen and oxygen atoms in total. The van der Waals surface area contributed by atoms with Gasteiger partial charge in [-0.25, -0.2) is 4.98 Å². The van der Waals surface area contributed by atoms with Gasteiger partial charge in [0.25, 0.3) is 5.91 Å². The predicted molar refractivity (Wildman–Crippen MR) is 86.6 cm³/mol. The van der Waals surface area contributed by atoms with Crippen LogP contribution in [0.1, 0.15) is 29.6 Å². The second kappa shape index (κ2) is 6.32. The van der Waals surface area contributed by atoms with Gasteiger partial charge in [-0.3, -0.25) is 9.69 Å². The third kappa shape index (κ3) is 3.06. The number of anilines is 1. The molecule has 2 fully saturated rings. The zero-order chi connectivity index (χ0) is 14.8. The van der Waals surface area contributed by atoms with Gasteiger partial charge in [-0.05, 0) is 41.4 Å². The number of hydrogen-bond acceptors (Lipinski definition) is 4. The van der Waals surface area contributed by atoms with Crippen LogP contribution < -0.4 is 5.32 Å². The topological polar surface area (TPSA) is 48.5 Å². The quantitative estimate of drug-likeness (QED) is 0.886. The smallest absolute Gasteiger partial charge is 0.257 e. The lowest BCUT2D eigenvalue weighted by Crippen LogP contribution is -2.56. The molecule has 114 valence electrons. The molecule has 1 aromatic heterocycles. The molecule has 3 heterocycles. The van der Waals surface area contributed by atoms with Gasteiger partial charge in [0.15, 0.2) is 0 Å². The Hall–Kier alpha value is -1.14. The molecule has 0 saturated carbocycles. The number of fused-ring (bicyclic) bond motifs is 1.